The number of ether oxygens (including phenoxy) is 1. The van der Waals surface area contributed by atoms with Crippen LogP contribution in [0.25, 0.3) is 0 Å². The second-order valence-corrected chi connectivity index (χ2v) is 4.77. The van der Waals surface area contributed by atoms with Gasteiger partial charge in [-0.1, -0.05) is 31.2 Å². The highest BCUT2D eigenvalue weighted by molar-refractivity contribution is 5.40. The van der Waals surface area contributed by atoms with E-state index in [2.05, 4.69) is 11.4 Å². The Morgan fingerprint density at radius 1 is 1.15 bits per heavy atom. The quantitative estimate of drug-likeness (QED) is 0.893. The predicted molar refractivity (Wildman–Crippen MR) is 79.7 cm³/mol. The summed E-state index contributed by atoms with van der Waals surface area (Å²) < 4.78 is 18.7. The van der Waals surface area contributed by atoms with Crippen LogP contribution < -0.4 is 10.1 Å². The molecule has 0 amide bonds. The Hall–Kier alpha value is -1.87. The third kappa shape index (κ3) is 3.17. The number of rotatable bonds is 5. The Balaban J connectivity index is 2.40. The smallest absolute Gasteiger partial charge is 0.123 e. The van der Waals surface area contributed by atoms with Gasteiger partial charge in [-0.25, -0.2) is 4.39 Å². The van der Waals surface area contributed by atoms with Crippen molar-refractivity contribution in [2.24, 2.45) is 0 Å². The van der Waals surface area contributed by atoms with Crippen LogP contribution in [0.1, 0.15) is 29.7 Å². The fraction of sp³-hybridized carbons (Fsp3) is 0.294. The molecular weight excluding hydrogens is 253 g/mol. The van der Waals surface area contributed by atoms with Crippen molar-refractivity contribution in [3.63, 3.8) is 0 Å². The first-order valence-corrected chi connectivity index (χ1v) is 6.79. The molecule has 0 radical (unpaired) electrons. The maximum Gasteiger partial charge on any atom is 0.123 e. The van der Waals surface area contributed by atoms with E-state index in [-0.39, 0.29) is 11.9 Å². The van der Waals surface area contributed by atoms with Gasteiger partial charge in [-0.15, -0.1) is 0 Å². The summed E-state index contributed by atoms with van der Waals surface area (Å²) in [6.07, 6.45) is 0. The molecule has 0 spiro atoms. The van der Waals surface area contributed by atoms with Crippen LogP contribution in [0.4, 0.5) is 4.39 Å². The van der Waals surface area contributed by atoms with Crippen LogP contribution >= 0.6 is 0 Å². The number of aryl methyl sites for hydroxylation is 1. The first-order chi connectivity index (χ1) is 9.65. The van der Waals surface area contributed by atoms with E-state index >= 15 is 0 Å². The average Bonchev–Trinajstić information content (AvgIpc) is 2.44. The van der Waals surface area contributed by atoms with Crippen molar-refractivity contribution in [3.05, 3.63) is 65.0 Å². The van der Waals surface area contributed by atoms with Crippen molar-refractivity contribution in [1.29, 1.82) is 0 Å². The van der Waals surface area contributed by atoms with Gasteiger partial charge >= 0.3 is 0 Å². The number of methoxy groups -OCH3 is 1. The second-order valence-electron chi connectivity index (χ2n) is 4.77. The van der Waals surface area contributed by atoms with Crippen molar-refractivity contribution in [1.82, 2.24) is 5.32 Å². The minimum Gasteiger partial charge on any atom is -0.496 e. The lowest BCUT2D eigenvalue weighted by molar-refractivity contribution is 0.411. The second kappa shape index (κ2) is 6.53. The summed E-state index contributed by atoms with van der Waals surface area (Å²) in [4.78, 5) is 0. The van der Waals surface area contributed by atoms with Crippen molar-refractivity contribution < 1.29 is 9.13 Å². The number of nitrogens with one attached hydrogen (secondary N) is 1. The molecule has 0 bridgehead atoms. The summed E-state index contributed by atoms with van der Waals surface area (Å²) in [5, 5.41) is 3.40. The van der Waals surface area contributed by atoms with E-state index in [9.17, 15) is 4.39 Å². The molecular formula is C17H20FNO. The van der Waals surface area contributed by atoms with Gasteiger partial charge in [0.1, 0.15) is 11.6 Å². The number of hydrogen-bond donors (Lipinski definition) is 1. The van der Waals surface area contributed by atoms with Gasteiger partial charge in [0.15, 0.2) is 0 Å². The molecule has 0 aromatic heterocycles. The first-order valence-electron chi connectivity index (χ1n) is 6.79. The van der Waals surface area contributed by atoms with Crippen LogP contribution in [-0.2, 0) is 0 Å². The SMILES string of the molecule is CCNC(c1cccc(F)c1)c1ccc(OC)c(C)c1. The predicted octanol–water partition coefficient (Wildman–Crippen LogP) is 3.84. The highest BCUT2D eigenvalue weighted by Crippen LogP contribution is 2.27. The van der Waals surface area contributed by atoms with Crippen molar-refractivity contribution in [2.75, 3.05) is 13.7 Å². The first kappa shape index (κ1) is 14.5. The molecule has 1 atom stereocenters. The van der Waals surface area contributed by atoms with E-state index in [1.54, 1.807) is 19.2 Å². The van der Waals surface area contributed by atoms with Crippen LogP contribution in [0.3, 0.4) is 0 Å². The van der Waals surface area contributed by atoms with E-state index in [4.69, 9.17) is 4.74 Å². The summed E-state index contributed by atoms with van der Waals surface area (Å²) in [7, 11) is 1.66. The molecule has 0 aliphatic rings. The Morgan fingerprint density at radius 2 is 1.90 bits per heavy atom. The number of halogens is 1. The van der Waals surface area contributed by atoms with Crippen LogP contribution in [0.2, 0.25) is 0 Å². The number of hydrogen-bond acceptors (Lipinski definition) is 2. The molecule has 0 aliphatic heterocycles. The third-order valence-corrected chi connectivity index (χ3v) is 3.34. The zero-order chi connectivity index (χ0) is 14.5. The molecule has 106 valence electrons. The molecule has 2 nitrogen and oxygen atoms in total. The van der Waals surface area contributed by atoms with E-state index in [1.807, 2.05) is 32.0 Å². The van der Waals surface area contributed by atoms with E-state index in [1.165, 1.54) is 6.07 Å². The fourth-order valence-electron chi connectivity index (χ4n) is 2.40. The molecule has 20 heavy (non-hydrogen) atoms. The van der Waals surface area contributed by atoms with Crippen LogP contribution in [0, 0.1) is 12.7 Å². The third-order valence-electron chi connectivity index (χ3n) is 3.34. The Labute approximate surface area is 119 Å². The van der Waals surface area contributed by atoms with Gasteiger partial charge in [-0.2, -0.15) is 0 Å². The molecule has 0 aliphatic carbocycles. The number of benzene rings is 2. The van der Waals surface area contributed by atoms with Crippen molar-refractivity contribution in [3.8, 4) is 5.75 Å². The lowest BCUT2D eigenvalue weighted by Gasteiger charge is -2.20. The lowest BCUT2D eigenvalue weighted by atomic mass is 9.97. The van der Waals surface area contributed by atoms with E-state index in [0.29, 0.717) is 0 Å². The van der Waals surface area contributed by atoms with Crippen molar-refractivity contribution in [2.45, 2.75) is 19.9 Å². The van der Waals surface area contributed by atoms with Crippen molar-refractivity contribution >= 4 is 0 Å². The highest BCUT2D eigenvalue weighted by Gasteiger charge is 2.14. The molecule has 1 N–H and O–H groups in total. The topological polar surface area (TPSA) is 21.3 Å². The maximum atomic E-state index is 13.4. The minimum absolute atomic E-state index is 0.0136. The molecule has 0 heterocycles. The average molecular weight is 273 g/mol. The molecule has 1 unspecified atom stereocenters. The van der Waals surface area contributed by atoms with Gasteiger partial charge in [-0.05, 0) is 48.4 Å². The maximum absolute atomic E-state index is 13.4. The van der Waals surface area contributed by atoms with Gasteiger partial charge in [0.2, 0.25) is 0 Å². The molecule has 2 aromatic rings. The standard InChI is InChI=1S/C17H20FNO/c1-4-19-17(13-6-5-7-15(18)11-13)14-8-9-16(20-3)12(2)10-14/h5-11,17,19H,4H2,1-3H3. The van der Waals surface area contributed by atoms with Gasteiger partial charge in [0.05, 0.1) is 13.2 Å². The lowest BCUT2D eigenvalue weighted by Crippen LogP contribution is -2.22. The monoisotopic (exact) mass is 273 g/mol. The zero-order valence-corrected chi connectivity index (χ0v) is 12.1. The molecule has 0 saturated carbocycles. The Kier molecular flexibility index (Phi) is 4.74. The molecule has 3 heteroatoms. The summed E-state index contributed by atoms with van der Waals surface area (Å²) in [5.74, 6) is 0.652. The molecule has 2 aromatic carbocycles. The van der Waals surface area contributed by atoms with Crippen LogP contribution in [0.15, 0.2) is 42.5 Å². The molecule has 0 fully saturated rings. The highest BCUT2D eigenvalue weighted by atomic mass is 19.1. The van der Waals surface area contributed by atoms with E-state index in [0.717, 1.165) is 29.0 Å². The zero-order valence-electron chi connectivity index (χ0n) is 12.1. The van der Waals surface area contributed by atoms with Gasteiger partial charge in [0, 0.05) is 0 Å². The van der Waals surface area contributed by atoms with E-state index < -0.39 is 0 Å². The summed E-state index contributed by atoms with van der Waals surface area (Å²) in [6.45, 7) is 4.87. The summed E-state index contributed by atoms with van der Waals surface area (Å²) >= 11 is 0. The Morgan fingerprint density at radius 3 is 2.50 bits per heavy atom. The Bertz CT molecular complexity index is 583. The largest absolute Gasteiger partial charge is 0.496 e. The molecule has 0 saturated heterocycles. The normalized spacial score (nSPS) is 12.2. The van der Waals surface area contributed by atoms with Gasteiger partial charge < -0.3 is 10.1 Å². The summed E-state index contributed by atoms with van der Waals surface area (Å²) in [6, 6.07) is 12.8. The van der Waals surface area contributed by atoms with Gasteiger partial charge in [-0.3, -0.25) is 0 Å². The fourth-order valence-corrected chi connectivity index (χ4v) is 2.40. The minimum atomic E-state index is -0.212. The van der Waals surface area contributed by atoms with Crippen LogP contribution in [0.5, 0.6) is 5.75 Å². The van der Waals surface area contributed by atoms with Gasteiger partial charge in [0.25, 0.3) is 0 Å². The summed E-state index contributed by atoms with van der Waals surface area (Å²) in [5.41, 5.74) is 3.11. The van der Waals surface area contributed by atoms with Crippen LogP contribution in [-0.4, -0.2) is 13.7 Å². The molecule has 2 rings (SSSR count).